The molecule has 0 bridgehead atoms. The van der Waals surface area contributed by atoms with Crippen LogP contribution in [0.4, 0.5) is 0 Å². The number of halogens is 1. The van der Waals surface area contributed by atoms with Gasteiger partial charge in [-0.3, -0.25) is 9.78 Å². The van der Waals surface area contributed by atoms with Crippen molar-refractivity contribution in [3.8, 4) is 0 Å². The van der Waals surface area contributed by atoms with Gasteiger partial charge in [-0.15, -0.1) is 0 Å². The summed E-state index contributed by atoms with van der Waals surface area (Å²) in [6, 6.07) is 5.60. The summed E-state index contributed by atoms with van der Waals surface area (Å²) in [5.41, 5.74) is 3.27. The van der Waals surface area contributed by atoms with Crippen molar-refractivity contribution in [1.29, 1.82) is 0 Å². The molecule has 1 heterocycles. The number of fused-ring (bicyclic) bond motifs is 1. The fraction of sp³-hybridized carbons (Fsp3) is 0.375. The molecule has 0 fully saturated rings. The van der Waals surface area contributed by atoms with E-state index in [4.69, 9.17) is 16.6 Å². The third-order valence-corrected chi connectivity index (χ3v) is 3.73. The van der Waals surface area contributed by atoms with E-state index in [0.29, 0.717) is 5.02 Å². The molecule has 0 unspecified atom stereocenters. The van der Waals surface area contributed by atoms with Crippen molar-refractivity contribution in [3.05, 3.63) is 40.0 Å². The number of pyridine rings is 1. The Kier molecular flexibility index (Phi) is 3.40. The maximum Gasteiger partial charge on any atom is 0.160 e. The van der Waals surface area contributed by atoms with Crippen LogP contribution in [0.5, 0.6) is 0 Å². The summed E-state index contributed by atoms with van der Waals surface area (Å²) in [6.45, 7) is 9.79. The molecular weight excluding hydrogens is 258 g/mol. The molecule has 2 rings (SSSR count). The van der Waals surface area contributed by atoms with Gasteiger partial charge in [0.1, 0.15) is 0 Å². The monoisotopic (exact) mass is 275 g/mol. The molecule has 0 aliphatic heterocycles. The number of benzene rings is 1. The van der Waals surface area contributed by atoms with E-state index in [1.54, 1.807) is 6.92 Å². The second-order valence-electron chi connectivity index (χ2n) is 5.93. The Morgan fingerprint density at radius 2 is 1.89 bits per heavy atom. The highest BCUT2D eigenvalue weighted by molar-refractivity contribution is 6.32. The zero-order valence-electron chi connectivity index (χ0n) is 12.0. The first-order valence-electron chi connectivity index (χ1n) is 6.33. The third kappa shape index (κ3) is 2.50. The van der Waals surface area contributed by atoms with Gasteiger partial charge in [-0.2, -0.15) is 0 Å². The van der Waals surface area contributed by atoms with Gasteiger partial charge in [-0.25, -0.2) is 0 Å². The van der Waals surface area contributed by atoms with Gasteiger partial charge < -0.3 is 0 Å². The number of aromatic nitrogens is 1. The van der Waals surface area contributed by atoms with E-state index in [-0.39, 0.29) is 11.2 Å². The van der Waals surface area contributed by atoms with E-state index in [0.717, 1.165) is 27.7 Å². The average molecular weight is 276 g/mol. The largest absolute Gasteiger partial charge is 0.294 e. The minimum atomic E-state index is -0.104. The van der Waals surface area contributed by atoms with Crippen LogP contribution in [0, 0.1) is 6.92 Å². The molecule has 0 amide bonds. The van der Waals surface area contributed by atoms with E-state index in [9.17, 15) is 4.79 Å². The molecule has 0 radical (unpaired) electrons. The summed E-state index contributed by atoms with van der Waals surface area (Å²) in [5.74, 6) is 0.0552. The first kappa shape index (κ1) is 14.0. The fourth-order valence-corrected chi connectivity index (χ4v) is 2.23. The molecule has 19 heavy (non-hydrogen) atoms. The van der Waals surface area contributed by atoms with Gasteiger partial charge in [-0.1, -0.05) is 38.4 Å². The fourth-order valence-electron chi connectivity index (χ4n) is 2.08. The summed E-state index contributed by atoms with van der Waals surface area (Å²) in [4.78, 5) is 16.6. The van der Waals surface area contributed by atoms with E-state index in [1.807, 2.05) is 25.1 Å². The Labute approximate surface area is 118 Å². The second-order valence-corrected chi connectivity index (χ2v) is 6.34. The van der Waals surface area contributed by atoms with Crippen LogP contribution in [-0.4, -0.2) is 10.8 Å². The van der Waals surface area contributed by atoms with Crippen LogP contribution in [0.2, 0.25) is 5.02 Å². The Hall–Kier alpha value is -1.41. The summed E-state index contributed by atoms with van der Waals surface area (Å²) < 4.78 is 0. The van der Waals surface area contributed by atoms with Crippen molar-refractivity contribution in [2.24, 2.45) is 0 Å². The van der Waals surface area contributed by atoms with Gasteiger partial charge in [-0.05, 0) is 31.5 Å². The first-order valence-corrected chi connectivity index (χ1v) is 6.71. The Bertz CT molecular complexity index is 668. The van der Waals surface area contributed by atoms with E-state index < -0.39 is 0 Å². The molecule has 0 aliphatic carbocycles. The Balaban J connectivity index is 2.92. The molecule has 2 aromatic rings. The molecule has 0 saturated heterocycles. The summed E-state index contributed by atoms with van der Waals surface area (Å²) in [7, 11) is 0. The average Bonchev–Trinajstić information content (AvgIpc) is 2.31. The number of hydrogen-bond donors (Lipinski definition) is 0. The number of Topliss-reactive ketones (excluding diaryl/α,β-unsaturated/α-hetero) is 1. The molecule has 100 valence electrons. The molecule has 1 aromatic heterocycles. The number of nitrogens with zero attached hydrogens (tertiary/aromatic N) is 1. The highest BCUT2D eigenvalue weighted by Gasteiger charge is 2.20. The predicted molar refractivity (Wildman–Crippen MR) is 80.2 cm³/mol. The van der Waals surface area contributed by atoms with Gasteiger partial charge in [0.2, 0.25) is 0 Å². The summed E-state index contributed by atoms with van der Waals surface area (Å²) in [6.07, 6.45) is 0. The van der Waals surface area contributed by atoms with E-state index in [1.165, 1.54) is 0 Å². The molecule has 0 N–H and O–H groups in total. The van der Waals surface area contributed by atoms with Crippen LogP contribution < -0.4 is 0 Å². The second kappa shape index (κ2) is 4.61. The SMILES string of the molecule is CC(=O)c1cc(C(C)(C)C)nc2c(C)c(Cl)ccc12. The van der Waals surface area contributed by atoms with Crippen LogP contribution in [0.1, 0.15) is 49.3 Å². The number of carbonyl (C=O) groups excluding carboxylic acids is 1. The first-order chi connectivity index (χ1) is 8.71. The normalized spacial score (nSPS) is 11.9. The van der Waals surface area contributed by atoms with E-state index >= 15 is 0 Å². The molecule has 2 nitrogen and oxygen atoms in total. The maximum atomic E-state index is 11.9. The van der Waals surface area contributed by atoms with Gasteiger partial charge in [0.15, 0.2) is 5.78 Å². The number of hydrogen-bond acceptors (Lipinski definition) is 2. The molecule has 3 heteroatoms. The standard InChI is InChI=1S/C16H18ClNO/c1-9-13(17)7-6-11-12(10(2)19)8-14(16(3,4)5)18-15(9)11/h6-8H,1-5H3. The molecule has 0 spiro atoms. The molecular formula is C16H18ClNO. The lowest BCUT2D eigenvalue weighted by molar-refractivity contribution is 0.101. The van der Waals surface area contributed by atoms with Crippen molar-refractivity contribution in [1.82, 2.24) is 4.98 Å². The van der Waals surface area contributed by atoms with Crippen LogP contribution in [-0.2, 0) is 5.41 Å². The van der Waals surface area contributed by atoms with Crippen molar-refractivity contribution >= 4 is 28.3 Å². The Morgan fingerprint density at radius 3 is 2.42 bits per heavy atom. The molecule has 1 aromatic carbocycles. The highest BCUT2D eigenvalue weighted by atomic mass is 35.5. The molecule has 0 atom stereocenters. The number of aryl methyl sites for hydroxylation is 1. The van der Waals surface area contributed by atoms with Gasteiger partial charge in [0, 0.05) is 27.1 Å². The van der Waals surface area contributed by atoms with Gasteiger partial charge in [0.05, 0.1) is 5.52 Å². The van der Waals surface area contributed by atoms with Crippen LogP contribution >= 0.6 is 11.6 Å². The molecule has 0 aliphatic rings. The minimum Gasteiger partial charge on any atom is -0.294 e. The zero-order valence-corrected chi connectivity index (χ0v) is 12.7. The van der Waals surface area contributed by atoms with Crippen molar-refractivity contribution < 1.29 is 4.79 Å². The predicted octanol–water partition coefficient (Wildman–Crippen LogP) is 4.70. The highest BCUT2D eigenvalue weighted by Crippen LogP contribution is 2.30. The number of ketones is 1. The van der Waals surface area contributed by atoms with Crippen molar-refractivity contribution in [3.63, 3.8) is 0 Å². The van der Waals surface area contributed by atoms with Crippen molar-refractivity contribution in [2.45, 2.75) is 40.0 Å². The third-order valence-electron chi connectivity index (χ3n) is 3.32. The van der Waals surface area contributed by atoms with Gasteiger partial charge in [0.25, 0.3) is 0 Å². The summed E-state index contributed by atoms with van der Waals surface area (Å²) in [5, 5.41) is 1.56. The smallest absolute Gasteiger partial charge is 0.160 e. The lowest BCUT2D eigenvalue weighted by Crippen LogP contribution is -2.15. The Morgan fingerprint density at radius 1 is 1.26 bits per heavy atom. The van der Waals surface area contributed by atoms with Crippen LogP contribution in [0.3, 0.4) is 0 Å². The quantitative estimate of drug-likeness (QED) is 0.706. The maximum absolute atomic E-state index is 11.9. The topological polar surface area (TPSA) is 30.0 Å². The molecule has 0 saturated carbocycles. The van der Waals surface area contributed by atoms with E-state index in [2.05, 4.69) is 20.8 Å². The van der Waals surface area contributed by atoms with Crippen LogP contribution in [0.15, 0.2) is 18.2 Å². The minimum absolute atomic E-state index is 0.0552. The van der Waals surface area contributed by atoms with Gasteiger partial charge >= 0.3 is 0 Å². The lowest BCUT2D eigenvalue weighted by atomic mass is 9.89. The number of rotatable bonds is 1. The van der Waals surface area contributed by atoms with Crippen LogP contribution in [0.25, 0.3) is 10.9 Å². The lowest BCUT2D eigenvalue weighted by Gasteiger charge is -2.20. The van der Waals surface area contributed by atoms with Crippen molar-refractivity contribution in [2.75, 3.05) is 0 Å². The summed E-state index contributed by atoms with van der Waals surface area (Å²) >= 11 is 6.16. The number of carbonyl (C=O) groups is 1. The zero-order chi connectivity index (χ0) is 14.4.